The summed E-state index contributed by atoms with van der Waals surface area (Å²) >= 11 is 0. The fraction of sp³-hybridized carbons (Fsp3) is 0.188. The Bertz CT molecular complexity index is 874. The monoisotopic (exact) mass is 293 g/mol. The van der Waals surface area contributed by atoms with Gasteiger partial charge in [-0.2, -0.15) is 14.9 Å². The van der Waals surface area contributed by atoms with Crippen LogP contribution in [0.2, 0.25) is 0 Å². The molecular formula is C16H15N5O. The minimum atomic E-state index is 0.307. The van der Waals surface area contributed by atoms with Gasteiger partial charge in [0.25, 0.3) is 0 Å². The first kappa shape index (κ1) is 13.9. The highest BCUT2D eigenvalue weighted by Gasteiger charge is 2.17. The predicted octanol–water partition coefficient (Wildman–Crippen LogP) is 2.42. The van der Waals surface area contributed by atoms with Gasteiger partial charge in [-0.3, -0.25) is 0 Å². The number of nitriles is 1. The highest BCUT2D eigenvalue weighted by atomic mass is 16.5. The van der Waals surface area contributed by atoms with E-state index in [0.717, 1.165) is 29.0 Å². The molecule has 0 amide bonds. The maximum atomic E-state index is 9.06. The van der Waals surface area contributed by atoms with E-state index in [1.807, 2.05) is 37.3 Å². The molecule has 0 saturated heterocycles. The first-order valence-corrected chi connectivity index (χ1v) is 6.90. The number of methoxy groups -OCH3 is 1. The number of benzene rings is 1. The fourth-order valence-corrected chi connectivity index (χ4v) is 2.43. The third-order valence-corrected chi connectivity index (χ3v) is 3.59. The summed E-state index contributed by atoms with van der Waals surface area (Å²) in [7, 11) is 1.63. The molecule has 0 aliphatic carbocycles. The van der Waals surface area contributed by atoms with Gasteiger partial charge < -0.3 is 10.5 Å². The van der Waals surface area contributed by atoms with E-state index in [0.29, 0.717) is 17.0 Å². The smallest absolute Gasteiger partial charge is 0.165 e. The number of nitrogens with zero attached hydrogens (tertiary/aromatic N) is 4. The predicted molar refractivity (Wildman–Crippen MR) is 83.5 cm³/mol. The molecule has 110 valence electrons. The number of aromatic nitrogens is 3. The molecule has 6 nitrogen and oxygen atoms in total. The number of aryl methyl sites for hydroxylation is 1. The van der Waals surface area contributed by atoms with E-state index in [9.17, 15) is 0 Å². The molecule has 2 N–H and O–H groups in total. The lowest BCUT2D eigenvalue weighted by atomic mass is 10.0. The van der Waals surface area contributed by atoms with Gasteiger partial charge in [-0.1, -0.05) is 19.1 Å². The van der Waals surface area contributed by atoms with Gasteiger partial charge in [-0.05, 0) is 24.1 Å². The second-order valence-electron chi connectivity index (χ2n) is 4.81. The first-order chi connectivity index (χ1) is 10.7. The lowest BCUT2D eigenvalue weighted by Gasteiger charge is -2.04. The van der Waals surface area contributed by atoms with Crippen molar-refractivity contribution in [2.24, 2.45) is 0 Å². The molecule has 0 saturated carbocycles. The Hall–Kier alpha value is -3.07. The first-order valence-electron chi connectivity index (χ1n) is 6.90. The summed E-state index contributed by atoms with van der Waals surface area (Å²) in [4.78, 5) is 4.37. The summed E-state index contributed by atoms with van der Waals surface area (Å²) in [5, 5.41) is 13.6. The van der Waals surface area contributed by atoms with Gasteiger partial charge in [0, 0.05) is 5.56 Å². The van der Waals surface area contributed by atoms with Crippen molar-refractivity contribution >= 4 is 11.5 Å². The summed E-state index contributed by atoms with van der Waals surface area (Å²) in [6.45, 7) is 2.02. The van der Waals surface area contributed by atoms with E-state index in [-0.39, 0.29) is 0 Å². The van der Waals surface area contributed by atoms with Gasteiger partial charge in [0.1, 0.15) is 23.2 Å². The largest absolute Gasteiger partial charge is 0.497 e. The molecule has 0 fully saturated rings. The standard InChI is InChI=1S/C16H15N5O/c1-3-13-14(10-4-6-12(22-2)7-5-10)16-19-9-11(8-17)15(18)21(16)20-13/h4-7,9H,3,18H2,1-2H3. The molecule has 0 aliphatic heterocycles. The number of nitrogen functional groups attached to an aromatic ring is 1. The van der Waals surface area contributed by atoms with Crippen LogP contribution < -0.4 is 10.5 Å². The topological polar surface area (TPSA) is 89.2 Å². The van der Waals surface area contributed by atoms with Crippen LogP contribution in [0.4, 0.5) is 5.82 Å². The SMILES string of the molecule is CCc1nn2c(N)c(C#N)cnc2c1-c1ccc(OC)cc1. The van der Waals surface area contributed by atoms with Crippen molar-refractivity contribution in [1.29, 1.82) is 5.26 Å². The summed E-state index contributed by atoms with van der Waals surface area (Å²) in [5.41, 5.74) is 9.79. The van der Waals surface area contributed by atoms with Crippen LogP contribution in [0, 0.1) is 11.3 Å². The van der Waals surface area contributed by atoms with Crippen LogP contribution in [0.25, 0.3) is 16.8 Å². The Morgan fingerprint density at radius 2 is 2.05 bits per heavy atom. The molecule has 2 heterocycles. The summed E-state index contributed by atoms with van der Waals surface area (Å²) in [6.07, 6.45) is 2.23. The Morgan fingerprint density at radius 1 is 1.32 bits per heavy atom. The van der Waals surface area contributed by atoms with Crippen molar-refractivity contribution in [3.63, 3.8) is 0 Å². The number of rotatable bonds is 3. The Labute approximate surface area is 127 Å². The number of fused-ring (bicyclic) bond motifs is 1. The molecule has 0 aliphatic rings. The minimum absolute atomic E-state index is 0.307. The second-order valence-corrected chi connectivity index (χ2v) is 4.81. The van der Waals surface area contributed by atoms with Gasteiger partial charge >= 0.3 is 0 Å². The van der Waals surface area contributed by atoms with Crippen LogP contribution in [-0.2, 0) is 6.42 Å². The van der Waals surface area contributed by atoms with Crippen molar-refractivity contribution in [2.45, 2.75) is 13.3 Å². The van der Waals surface area contributed by atoms with Crippen molar-refractivity contribution in [3.05, 3.63) is 41.7 Å². The Kier molecular flexibility index (Phi) is 3.39. The molecule has 3 aromatic rings. The van der Waals surface area contributed by atoms with Gasteiger partial charge in [-0.25, -0.2) is 4.98 Å². The van der Waals surface area contributed by atoms with Crippen molar-refractivity contribution in [3.8, 4) is 22.9 Å². The molecule has 3 rings (SSSR count). The average Bonchev–Trinajstić information content (AvgIpc) is 2.95. The molecule has 1 aromatic carbocycles. The molecule has 0 spiro atoms. The lowest BCUT2D eigenvalue weighted by Crippen LogP contribution is -2.03. The number of anilines is 1. The molecule has 0 radical (unpaired) electrons. The molecule has 0 atom stereocenters. The lowest BCUT2D eigenvalue weighted by molar-refractivity contribution is 0.415. The molecule has 2 aromatic heterocycles. The maximum absolute atomic E-state index is 9.06. The van der Waals surface area contributed by atoms with Crippen molar-refractivity contribution in [1.82, 2.24) is 14.6 Å². The second kappa shape index (κ2) is 5.37. The van der Waals surface area contributed by atoms with E-state index in [2.05, 4.69) is 10.1 Å². The summed E-state index contributed by atoms with van der Waals surface area (Å²) in [6, 6.07) is 9.74. The zero-order chi connectivity index (χ0) is 15.7. The third kappa shape index (κ3) is 2.04. The van der Waals surface area contributed by atoms with Crippen molar-refractivity contribution < 1.29 is 4.74 Å². The number of nitrogens with two attached hydrogens (primary N) is 1. The number of hydrogen-bond donors (Lipinski definition) is 1. The van der Waals surface area contributed by atoms with Crippen LogP contribution in [0.1, 0.15) is 18.2 Å². The zero-order valence-corrected chi connectivity index (χ0v) is 12.4. The summed E-state index contributed by atoms with van der Waals surface area (Å²) < 4.78 is 6.73. The molecule has 22 heavy (non-hydrogen) atoms. The van der Waals surface area contributed by atoms with Crippen LogP contribution in [0.15, 0.2) is 30.5 Å². The van der Waals surface area contributed by atoms with E-state index < -0.39 is 0 Å². The summed E-state index contributed by atoms with van der Waals surface area (Å²) in [5.74, 6) is 1.10. The Balaban J connectivity index is 2.28. The van der Waals surface area contributed by atoms with Gasteiger partial charge in [0.2, 0.25) is 0 Å². The van der Waals surface area contributed by atoms with Gasteiger partial charge in [0.05, 0.1) is 19.0 Å². The van der Waals surface area contributed by atoms with Crippen LogP contribution in [0.3, 0.4) is 0 Å². The third-order valence-electron chi connectivity index (χ3n) is 3.59. The fourth-order valence-electron chi connectivity index (χ4n) is 2.43. The van der Waals surface area contributed by atoms with E-state index in [1.165, 1.54) is 10.7 Å². The van der Waals surface area contributed by atoms with Gasteiger partial charge in [0.15, 0.2) is 5.65 Å². The van der Waals surface area contributed by atoms with E-state index in [1.54, 1.807) is 7.11 Å². The molecule has 0 unspecified atom stereocenters. The zero-order valence-electron chi connectivity index (χ0n) is 12.4. The van der Waals surface area contributed by atoms with Crippen LogP contribution in [-0.4, -0.2) is 21.7 Å². The highest BCUT2D eigenvalue weighted by molar-refractivity contribution is 5.81. The normalized spacial score (nSPS) is 10.6. The quantitative estimate of drug-likeness (QED) is 0.801. The van der Waals surface area contributed by atoms with E-state index in [4.69, 9.17) is 15.7 Å². The number of hydrogen-bond acceptors (Lipinski definition) is 5. The minimum Gasteiger partial charge on any atom is -0.497 e. The molecular weight excluding hydrogens is 278 g/mol. The maximum Gasteiger partial charge on any atom is 0.165 e. The van der Waals surface area contributed by atoms with Crippen molar-refractivity contribution in [2.75, 3.05) is 12.8 Å². The van der Waals surface area contributed by atoms with E-state index >= 15 is 0 Å². The molecule has 0 bridgehead atoms. The van der Waals surface area contributed by atoms with Gasteiger partial charge in [-0.15, -0.1) is 0 Å². The number of ether oxygens (including phenoxy) is 1. The van der Waals surface area contributed by atoms with Crippen LogP contribution in [0.5, 0.6) is 5.75 Å². The molecule has 6 heteroatoms. The highest BCUT2D eigenvalue weighted by Crippen LogP contribution is 2.30. The van der Waals surface area contributed by atoms with Crippen LogP contribution >= 0.6 is 0 Å². The average molecular weight is 293 g/mol. The Morgan fingerprint density at radius 3 is 2.64 bits per heavy atom.